The first-order valence-electron chi connectivity index (χ1n) is 2.57. The molecule has 0 aromatic heterocycles. The van der Waals surface area contributed by atoms with Gasteiger partial charge in [0.1, 0.15) is 0 Å². The topological polar surface area (TPSA) is 26.0 Å². The Hall–Kier alpha value is 0.600. The second-order valence-electron chi connectivity index (χ2n) is 2.46. The van der Waals surface area contributed by atoms with E-state index in [4.69, 9.17) is 5.73 Å². The summed E-state index contributed by atoms with van der Waals surface area (Å²) in [6, 6.07) is 0. The highest BCUT2D eigenvalue weighted by atomic mass is 35.5. The monoisotopic (exact) mass is 153 g/mol. The van der Waals surface area contributed by atoms with Gasteiger partial charge in [-0.1, -0.05) is 0 Å². The van der Waals surface area contributed by atoms with E-state index in [-0.39, 0.29) is 17.9 Å². The van der Waals surface area contributed by atoms with E-state index in [0.717, 1.165) is 5.75 Å². The summed E-state index contributed by atoms with van der Waals surface area (Å²) >= 11 is 1.96. The van der Waals surface area contributed by atoms with Crippen molar-refractivity contribution in [1.29, 1.82) is 0 Å². The predicted octanol–water partition coefficient (Wildman–Crippen LogP) is 1.26. The van der Waals surface area contributed by atoms with Gasteiger partial charge in [-0.15, -0.1) is 12.4 Å². The summed E-state index contributed by atoms with van der Waals surface area (Å²) in [6.07, 6.45) is 1.19. The van der Waals surface area contributed by atoms with Crippen LogP contribution in [0.25, 0.3) is 0 Å². The zero-order chi connectivity index (χ0) is 5.33. The molecular formula is C5H12ClNS. The van der Waals surface area contributed by atoms with Gasteiger partial charge in [-0.25, -0.2) is 0 Å². The smallest absolute Gasteiger partial charge is 0.0225 e. The van der Waals surface area contributed by atoms with Crippen molar-refractivity contribution in [3.05, 3.63) is 0 Å². The van der Waals surface area contributed by atoms with Gasteiger partial charge in [0.2, 0.25) is 0 Å². The van der Waals surface area contributed by atoms with Gasteiger partial charge in [0, 0.05) is 11.3 Å². The van der Waals surface area contributed by atoms with Crippen LogP contribution in [0.15, 0.2) is 0 Å². The molecule has 1 aliphatic rings. The zero-order valence-electron chi connectivity index (χ0n) is 5.02. The standard InChI is InChI=1S/C5H11NS.ClH/c1-5(6)2-3-7-4-5;/h2-4,6H2,1H3;1H. The quantitative estimate of drug-likeness (QED) is 0.567. The molecule has 50 valence electrons. The molecule has 1 saturated heterocycles. The van der Waals surface area contributed by atoms with E-state index in [2.05, 4.69) is 6.92 Å². The lowest BCUT2D eigenvalue weighted by Gasteiger charge is -2.13. The van der Waals surface area contributed by atoms with Crippen molar-refractivity contribution >= 4 is 24.2 Å². The third-order valence-corrected chi connectivity index (χ3v) is 2.61. The molecule has 1 rings (SSSR count). The minimum absolute atomic E-state index is 0. The van der Waals surface area contributed by atoms with Crippen molar-refractivity contribution < 1.29 is 0 Å². The summed E-state index contributed by atoms with van der Waals surface area (Å²) in [6.45, 7) is 2.12. The van der Waals surface area contributed by atoms with Crippen LogP contribution in [-0.2, 0) is 0 Å². The number of nitrogens with two attached hydrogens (primary N) is 1. The minimum Gasteiger partial charge on any atom is -0.325 e. The first-order valence-corrected chi connectivity index (χ1v) is 3.73. The molecule has 1 nitrogen and oxygen atoms in total. The Balaban J connectivity index is 0.000000490. The molecule has 1 fully saturated rings. The maximum Gasteiger partial charge on any atom is 0.0225 e. The van der Waals surface area contributed by atoms with Crippen LogP contribution in [0.3, 0.4) is 0 Å². The van der Waals surface area contributed by atoms with Crippen molar-refractivity contribution in [1.82, 2.24) is 0 Å². The lowest BCUT2D eigenvalue weighted by molar-refractivity contribution is 0.534. The number of thioether (sulfide) groups is 1. The average molecular weight is 154 g/mol. The van der Waals surface area contributed by atoms with Crippen LogP contribution in [-0.4, -0.2) is 17.0 Å². The third-order valence-electron chi connectivity index (χ3n) is 1.25. The Morgan fingerprint density at radius 2 is 2.25 bits per heavy atom. The maximum atomic E-state index is 5.76. The fraction of sp³-hybridized carbons (Fsp3) is 1.00. The highest BCUT2D eigenvalue weighted by Gasteiger charge is 2.23. The Labute approximate surface area is 60.8 Å². The summed E-state index contributed by atoms with van der Waals surface area (Å²) in [5.41, 5.74) is 5.91. The van der Waals surface area contributed by atoms with Crippen LogP contribution >= 0.6 is 24.2 Å². The van der Waals surface area contributed by atoms with Gasteiger partial charge >= 0.3 is 0 Å². The Morgan fingerprint density at radius 3 is 2.38 bits per heavy atom. The SMILES string of the molecule is CC1(N)CCSC1.Cl. The molecule has 0 amide bonds. The predicted molar refractivity (Wildman–Crippen MR) is 41.8 cm³/mol. The molecule has 0 radical (unpaired) electrons. The molecule has 1 heterocycles. The van der Waals surface area contributed by atoms with E-state index in [1.54, 1.807) is 0 Å². The Bertz CT molecular complexity index is 66.8. The van der Waals surface area contributed by atoms with Crippen molar-refractivity contribution in [2.24, 2.45) is 5.73 Å². The molecule has 0 aromatic rings. The number of hydrogen-bond donors (Lipinski definition) is 1. The van der Waals surface area contributed by atoms with E-state index in [0.29, 0.717) is 0 Å². The van der Waals surface area contributed by atoms with E-state index < -0.39 is 0 Å². The Kier molecular flexibility index (Phi) is 3.17. The van der Waals surface area contributed by atoms with Crippen molar-refractivity contribution in [2.45, 2.75) is 18.9 Å². The average Bonchev–Trinajstić information content (AvgIpc) is 1.84. The molecule has 0 spiro atoms. The van der Waals surface area contributed by atoms with E-state index in [9.17, 15) is 0 Å². The van der Waals surface area contributed by atoms with E-state index >= 15 is 0 Å². The van der Waals surface area contributed by atoms with Crippen LogP contribution in [0.2, 0.25) is 0 Å². The lowest BCUT2D eigenvalue weighted by atomic mass is 10.1. The van der Waals surface area contributed by atoms with Crippen LogP contribution in [0, 0.1) is 0 Å². The number of rotatable bonds is 0. The zero-order valence-corrected chi connectivity index (χ0v) is 6.65. The van der Waals surface area contributed by atoms with Gasteiger partial charge < -0.3 is 5.73 Å². The molecule has 8 heavy (non-hydrogen) atoms. The van der Waals surface area contributed by atoms with Crippen LogP contribution < -0.4 is 5.73 Å². The van der Waals surface area contributed by atoms with Crippen LogP contribution in [0.5, 0.6) is 0 Å². The largest absolute Gasteiger partial charge is 0.325 e. The first kappa shape index (κ1) is 8.60. The minimum atomic E-state index is 0. The van der Waals surface area contributed by atoms with E-state index in [1.165, 1.54) is 12.2 Å². The molecular weight excluding hydrogens is 142 g/mol. The van der Waals surface area contributed by atoms with Gasteiger partial charge in [-0.05, 0) is 19.1 Å². The van der Waals surface area contributed by atoms with E-state index in [1.807, 2.05) is 11.8 Å². The molecule has 3 heteroatoms. The molecule has 1 atom stereocenters. The fourth-order valence-corrected chi connectivity index (χ4v) is 2.05. The summed E-state index contributed by atoms with van der Waals surface area (Å²) in [5.74, 6) is 2.40. The molecule has 0 aliphatic carbocycles. The summed E-state index contributed by atoms with van der Waals surface area (Å²) in [5, 5.41) is 0. The number of hydrogen-bond acceptors (Lipinski definition) is 2. The first-order chi connectivity index (χ1) is 3.21. The normalized spacial score (nSPS) is 36.8. The van der Waals surface area contributed by atoms with Gasteiger partial charge in [-0.2, -0.15) is 11.8 Å². The Morgan fingerprint density at radius 1 is 1.62 bits per heavy atom. The summed E-state index contributed by atoms with van der Waals surface area (Å²) in [4.78, 5) is 0. The fourth-order valence-electron chi connectivity index (χ4n) is 0.683. The molecule has 0 aromatic carbocycles. The lowest BCUT2D eigenvalue weighted by Crippen LogP contribution is -2.35. The second kappa shape index (κ2) is 2.95. The molecule has 0 saturated carbocycles. The van der Waals surface area contributed by atoms with Gasteiger partial charge in [0.15, 0.2) is 0 Å². The van der Waals surface area contributed by atoms with Gasteiger partial charge in [-0.3, -0.25) is 0 Å². The number of halogens is 1. The second-order valence-corrected chi connectivity index (χ2v) is 3.56. The van der Waals surface area contributed by atoms with Gasteiger partial charge in [0.25, 0.3) is 0 Å². The summed E-state index contributed by atoms with van der Waals surface area (Å²) in [7, 11) is 0. The molecule has 0 bridgehead atoms. The van der Waals surface area contributed by atoms with Crippen molar-refractivity contribution in [3.8, 4) is 0 Å². The van der Waals surface area contributed by atoms with Crippen molar-refractivity contribution in [2.75, 3.05) is 11.5 Å². The highest BCUT2D eigenvalue weighted by Crippen LogP contribution is 2.24. The van der Waals surface area contributed by atoms with Gasteiger partial charge in [0.05, 0.1) is 0 Å². The third kappa shape index (κ3) is 2.25. The summed E-state index contributed by atoms with van der Waals surface area (Å²) < 4.78 is 0. The molecule has 1 unspecified atom stereocenters. The highest BCUT2D eigenvalue weighted by molar-refractivity contribution is 7.99. The maximum absolute atomic E-state index is 5.76. The van der Waals surface area contributed by atoms with Crippen molar-refractivity contribution in [3.63, 3.8) is 0 Å². The molecule has 2 N–H and O–H groups in total. The molecule has 1 aliphatic heterocycles. The van der Waals surface area contributed by atoms with Crippen LogP contribution in [0.4, 0.5) is 0 Å². The van der Waals surface area contributed by atoms with Crippen LogP contribution in [0.1, 0.15) is 13.3 Å².